The Labute approximate surface area is 182 Å². The van der Waals surface area contributed by atoms with Crippen LogP contribution in [0.5, 0.6) is 0 Å². The van der Waals surface area contributed by atoms with E-state index in [4.69, 9.17) is 0 Å². The summed E-state index contributed by atoms with van der Waals surface area (Å²) in [5, 5.41) is 9.47. The quantitative estimate of drug-likeness (QED) is 0.518. The molecule has 1 atom stereocenters. The number of hydrogen-bond acceptors (Lipinski definition) is 3. The second-order valence-electron chi connectivity index (χ2n) is 7.16. The standard InChI is InChI=1S/C22H21BrN4O3/c23-15-5-7-19-14(13-15)9-11-27(19)12-10-24-20(28)8-6-18-22(30)25-17-4-2-1-3-16(17)21(29)26-18/h1-5,7,9,11,13,18H,6,8,10,12H2,(H,24,28)(H,25,30)(H,26,29). The van der Waals surface area contributed by atoms with Gasteiger partial charge in [-0.1, -0.05) is 28.1 Å². The van der Waals surface area contributed by atoms with E-state index in [9.17, 15) is 14.4 Å². The van der Waals surface area contributed by atoms with E-state index in [1.54, 1.807) is 24.3 Å². The fourth-order valence-corrected chi connectivity index (χ4v) is 3.94. The molecule has 1 aromatic heterocycles. The summed E-state index contributed by atoms with van der Waals surface area (Å²) in [4.78, 5) is 37.0. The summed E-state index contributed by atoms with van der Waals surface area (Å²) in [6.07, 6.45) is 2.37. The summed E-state index contributed by atoms with van der Waals surface area (Å²) in [6, 6.07) is 14.2. The number of fused-ring (bicyclic) bond motifs is 2. The van der Waals surface area contributed by atoms with Crippen molar-refractivity contribution in [2.45, 2.75) is 25.4 Å². The van der Waals surface area contributed by atoms with Gasteiger partial charge in [-0.25, -0.2) is 0 Å². The lowest BCUT2D eigenvalue weighted by molar-refractivity contribution is -0.121. The van der Waals surface area contributed by atoms with Crippen LogP contribution in [-0.4, -0.2) is 34.9 Å². The number of benzene rings is 2. The maximum absolute atomic E-state index is 12.4. The lowest BCUT2D eigenvalue weighted by Gasteiger charge is -2.14. The van der Waals surface area contributed by atoms with Crippen molar-refractivity contribution >= 4 is 50.2 Å². The Balaban J connectivity index is 1.27. The van der Waals surface area contributed by atoms with E-state index >= 15 is 0 Å². The third-order valence-corrected chi connectivity index (χ3v) is 5.61. The van der Waals surface area contributed by atoms with Crippen molar-refractivity contribution in [1.82, 2.24) is 15.2 Å². The number of nitrogens with zero attached hydrogens (tertiary/aromatic N) is 1. The minimum Gasteiger partial charge on any atom is -0.354 e. The van der Waals surface area contributed by atoms with E-state index in [0.29, 0.717) is 24.3 Å². The van der Waals surface area contributed by atoms with Gasteiger partial charge >= 0.3 is 0 Å². The normalized spacial score (nSPS) is 15.8. The molecule has 3 aromatic rings. The highest BCUT2D eigenvalue weighted by Gasteiger charge is 2.27. The molecular weight excluding hydrogens is 448 g/mol. The summed E-state index contributed by atoms with van der Waals surface area (Å²) in [5.41, 5.74) is 2.01. The van der Waals surface area contributed by atoms with Gasteiger partial charge in [0.05, 0.1) is 11.3 Å². The van der Waals surface area contributed by atoms with Crippen LogP contribution in [0.4, 0.5) is 5.69 Å². The van der Waals surface area contributed by atoms with E-state index < -0.39 is 6.04 Å². The molecule has 0 spiro atoms. The lowest BCUT2D eigenvalue weighted by Crippen LogP contribution is -2.42. The maximum Gasteiger partial charge on any atom is 0.254 e. The topological polar surface area (TPSA) is 92.2 Å². The number of amides is 3. The first-order valence-corrected chi connectivity index (χ1v) is 10.5. The summed E-state index contributed by atoms with van der Waals surface area (Å²) in [6.45, 7) is 1.13. The van der Waals surface area contributed by atoms with Crippen LogP contribution in [-0.2, 0) is 16.1 Å². The molecule has 1 unspecified atom stereocenters. The summed E-state index contributed by atoms with van der Waals surface area (Å²) >= 11 is 3.46. The predicted molar refractivity (Wildman–Crippen MR) is 118 cm³/mol. The fourth-order valence-electron chi connectivity index (χ4n) is 3.56. The van der Waals surface area contributed by atoms with E-state index in [1.165, 1.54) is 0 Å². The van der Waals surface area contributed by atoms with Crippen molar-refractivity contribution in [1.29, 1.82) is 0 Å². The molecular formula is C22H21BrN4O3. The van der Waals surface area contributed by atoms with E-state index in [-0.39, 0.29) is 30.6 Å². The average molecular weight is 469 g/mol. The lowest BCUT2D eigenvalue weighted by atomic mass is 10.1. The number of para-hydroxylation sites is 1. The molecule has 8 heteroatoms. The second-order valence-corrected chi connectivity index (χ2v) is 8.08. The molecule has 0 saturated carbocycles. The van der Waals surface area contributed by atoms with Crippen molar-refractivity contribution in [2.75, 3.05) is 11.9 Å². The van der Waals surface area contributed by atoms with Gasteiger partial charge in [0.15, 0.2) is 0 Å². The highest BCUT2D eigenvalue weighted by molar-refractivity contribution is 9.10. The Hall–Kier alpha value is -3.13. The van der Waals surface area contributed by atoms with Gasteiger partial charge in [-0.2, -0.15) is 0 Å². The molecule has 0 saturated heterocycles. The molecule has 30 heavy (non-hydrogen) atoms. The number of hydrogen-bond donors (Lipinski definition) is 3. The van der Waals surface area contributed by atoms with Crippen molar-refractivity contribution < 1.29 is 14.4 Å². The van der Waals surface area contributed by atoms with Crippen molar-refractivity contribution in [2.24, 2.45) is 0 Å². The van der Waals surface area contributed by atoms with E-state index in [0.717, 1.165) is 15.4 Å². The number of nitrogens with one attached hydrogen (secondary N) is 3. The van der Waals surface area contributed by atoms with E-state index in [2.05, 4.69) is 42.5 Å². The fraction of sp³-hybridized carbons (Fsp3) is 0.227. The third kappa shape index (κ3) is 4.38. The van der Waals surface area contributed by atoms with Crippen LogP contribution >= 0.6 is 15.9 Å². The number of carbonyl (C=O) groups excluding carboxylic acids is 3. The zero-order valence-electron chi connectivity index (χ0n) is 16.2. The molecule has 2 heterocycles. The third-order valence-electron chi connectivity index (χ3n) is 5.12. The number of aromatic nitrogens is 1. The predicted octanol–water partition coefficient (Wildman–Crippen LogP) is 3.05. The highest BCUT2D eigenvalue weighted by Crippen LogP contribution is 2.21. The molecule has 0 bridgehead atoms. The molecule has 1 aliphatic heterocycles. The van der Waals surface area contributed by atoms with Crippen LogP contribution in [0.15, 0.2) is 59.2 Å². The Morgan fingerprint density at radius 2 is 1.97 bits per heavy atom. The Kier molecular flexibility index (Phi) is 5.85. The number of anilines is 1. The molecule has 0 fully saturated rings. The largest absolute Gasteiger partial charge is 0.354 e. The van der Waals surface area contributed by atoms with Gasteiger partial charge < -0.3 is 20.5 Å². The zero-order valence-corrected chi connectivity index (χ0v) is 17.7. The van der Waals surface area contributed by atoms with Gasteiger partial charge in [0, 0.05) is 41.1 Å². The number of rotatable bonds is 6. The van der Waals surface area contributed by atoms with Gasteiger partial charge in [0.2, 0.25) is 11.8 Å². The summed E-state index contributed by atoms with van der Waals surface area (Å²) < 4.78 is 3.11. The zero-order chi connectivity index (χ0) is 21.1. The van der Waals surface area contributed by atoms with Crippen molar-refractivity contribution in [3.63, 3.8) is 0 Å². The van der Waals surface area contributed by atoms with Gasteiger partial charge in [0.1, 0.15) is 6.04 Å². The van der Waals surface area contributed by atoms with E-state index in [1.807, 2.05) is 24.4 Å². The van der Waals surface area contributed by atoms with Crippen LogP contribution in [0.25, 0.3) is 10.9 Å². The minimum atomic E-state index is -0.748. The van der Waals surface area contributed by atoms with Crippen molar-refractivity contribution in [3.8, 4) is 0 Å². The Bertz CT molecular complexity index is 1120. The van der Waals surface area contributed by atoms with Crippen LogP contribution in [0.1, 0.15) is 23.2 Å². The molecule has 3 amide bonds. The second kappa shape index (κ2) is 8.71. The van der Waals surface area contributed by atoms with Gasteiger partial charge in [-0.05, 0) is 42.8 Å². The smallest absolute Gasteiger partial charge is 0.254 e. The van der Waals surface area contributed by atoms with Crippen LogP contribution in [0.3, 0.4) is 0 Å². The first kappa shape index (κ1) is 20.2. The van der Waals surface area contributed by atoms with Gasteiger partial charge in [-0.3, -0.25) is 14.4 Å². The summed E-state index contributed by atoms with van der Waals surface area (Å²) in [5.74, 6) is -0.787. The molecule has 1 aliphatic rings. The van der Waals surface area contributed by atoms with Crippen LogP contribution < -0.4 is 16.0 Å². The Morgan fingerprint density at radius 3 is 2.83 bits per heavy atom. The van der Waals surface area contributed by atoms with Gasteiger partial charge in [0.25, 0.3) is 5.91 Å². The van der Waals surface area contributed by atoms with Crippen molar-refractivity contribution in [3.05, 3.63) is 64.8 Å². The molecule has 7 nitrogen and oxygen atoms in total. The first-order valence-electron chi connectivity index (χ1n) is 9.73. The molecule has 0 aliphatic carbocycles. The first-order chi connectivity index (χ1) is 14.5. The Morgan fingerprint density at radius 1 is 1.13 bits per heavy atom. The molecule has 2 aromatic carbocycles. The minimum absolute atomic E-state index is 0.147. The highest BCUT2D eigenvalue weighted by atomic mass is 79.9. The van der Waals surface area contributed by atoms with Gasteiger partial charge in [-0.15, -0.1) is 0 Å². The molecule has 4 rings (SSSR count). The van der Waals surface area contributed by atoms with Crippen LogP contribution in [0.2, 0.25) is 0 Å². The summed E-state index contributed by atoms with van der Waals surface area (Å²) in [7, 11) is 0. The number of carbonyl (C=O) groups is 3. The molecule has 154 valence electrons. The molecule has 0 radical (unpaired) electrons. The SMILES string of the molecule is O=C(CCC1NC(=O)c2ccccc2NC1=O)NCCn1ccc2cc(Br)ccc21. The maximum atomic E-state index is 12.4. The molecule has 3 N–H and O–H groups in total. The monoisotopic (exact) mass is 468 g/mol. The number of halogens is 1. The van der Waals surface area contributed by atoms with Crippen LogP contribution in [0, 0.1) is 0 Å². The average Bonchev–Trinajstić information content (AvgIpc) is 3.07.